The third-order valence-corrected chi connectivity index (χ3v) is 9.84. The summed E-state index contributed by atoms with van der Waals surface area (Å²) in [6.45, 7) is 2.42. The van der Waals surface area contributed by atoms with Crippen molar-refractivity contribution in [2.24, 2.45) is 0 Å². The monoisotopic (exact) mass is 579 g/mol. The fourth-order valence-electron chi connectivity index (χ4n) is 4.73. The maximum absolute atomic E-state index is 14.2. The minimum atomic E-state index is -3.95. The molecule has 2 aromatic heterocycles. The normalized spacial score (nSPS) is 14.2. The summed E-state index contributed by atoms with van der Waals surface area (Å²) in [5.74, 6) is -1.09. The van der Waals surface area contributed by atoms with Gasteiger partial charge >= 0.3 is 6.03 Å². The molecule has 204 valence electrons. The van der Waals surface area contributed by atoms with Crippen molar-refractivity contribution in [2.75, 3.05) is 27.6 Å². The Hall–Kier alpha value is -4.29. The van der Waals surface area contributed by atoms with Crippen molar-refractivity contribution >= 4 is 54.8 Å². The van der Waals surface area contributed by atoms with Crippen LogP contribution in [0.1, 0.15) is 12.1 Å². The fourth-order valence-corrected chi connectivity index (χ4v) is 7.30. The van der Waals surface area contributed by atoms with Gasteiger partial charge in [-0.25, -0.2) is 27.0 Å². The second-order valence-electron chi connectivity index (χ2n) is 9.36. The topological polar surface area (TPSA) is 98.4 Å². The van der Waals surface area contributed by atoms with Gasteiger partial charge in [0.2, 0.25) is 0 Å². The number of benzene rings is 3. The smallest absolute Gasteiger partial charge is 0.330 e. The number of anilines is 3. The lowest BCUT2D eigenvalue weighted by Gasteiger charge is -2.34. The number of hydrogen-bond acceptors (Lipinski definition) is 5. The van der Waals surface area contributed by atoms with Crippen LogP contribution in [0, 0.1) is 18.6 Å². The van der Waals surface area contributed by atoms with E-state index in [4.69, 9.17) is 0 Å². The highest BCUT2D eigenvalue weighted by Crippen LogP contribution is 2.34. The largest absolute Gasteiger partial charge is 0.361 e. The van der Waals surface area contributed by atoms with Crippen molar-refractivity contribution in [2.45, 2.75) is 17.6 Å². The van der Waals surface area contributed by atoms with Gasteiger partial charge in [0, 0.05) is 36.1 Å². The van der Waals surface area contributed by atoms with E-state index in [-0.39, 0.29) is 20.9 Å². The summed E-state index contributed by atoms with van der Waals surface area (Å²) in [4.78, 5) is 24.0. The average Bonchev–Trinajstić information content (AvgIpc) is 3.57. The molecule has 3 heterocycles. The Morgan fingerprint density at radius 3 is 2.55 bits per heavy atom. The third-order valence-electron chi connectivity index (χ3n) is 6.67. The first-order valence-corrected chi connectivity index (χ1v) is 14.7. The average molecular weight is 580 g/mol. The predicted molar refractivity (Wildman–Crippen MR) is 152 cm³/mol. The van der Waals surface area contributed by atoms with Crippen molar-refractivity contribution in [3.63, 3.8) is 0 Å². The molecule has 1 aliphatic heterocycles. The van der Waals surface area contributed by atoms with Gasteiger partial charge in [0.25, 0.3) is 10.0 Å². The molecule has 0 bridgehead atoms. The molecule has 5 aromatic rings. The molecule has 0 radical (unpaired) electrons. The van der Waals surface area contributed by atoms with E-state index in [0.29, 0.717) is 42.1 Å². The van der Waals surface area contributed by atoms with Gasteiger partial charge in [-0.1, -0.05) is 29.5 Å². The van der Waals surface area contributed by atoms with E-state index < -0.39 is 21.7 Å². The summed E-state index contributed by atoms with van der Waals surface area (Å²) >= 11 is 0.933. The predicted octanol–water partition coefficient (Wildman–Crippen LogP) is 6.52. The van der Waals surface area contributed by atoms with Gasteiger partial charge in [0.05, 0.1) is 11.4 Å². The number of carbonyl (C=O) groups is 1. The van der Waals surface area contributed by atoms with Crippen molar-refractivity contribution in [1.82, 2.24) is 9.97 Å². The first-order valence-electron chi connectivity index (χ1n) is 12.4. The molecule has 0 saturated carbocycles. The highest BCUT2D eigenvalue weighted by atomic mass is 32.2. The molecule has 0 unspecified atom stereocenters. The van der Waals surface area contributed by atoms with Gasteiger partial charge < -0.3 is 4.98 Å². The molecular formula is C28H23F2N5O3S2. The van der Waals surface area contributed by atoms with Crippen molar-refractivity contribution in [3.8, 4) is 11.1 Å². The van der Waals surface area contributed by atoms with Gasteiger partial charge in [-0.2, -0.15) is 0 Å². The lowest BCUT2D eigenvalue weighted by Crippen LogP contribution is -2.49. The molecule has 2 N–H and O–H groups in total. The zero-order valence-electron chi connectivity index (χ0n) is 21.2. The number of aromatic amines is 1. The fraction of sp³-hybridized carbons (Fsp3) is 0.143. The summed E-state index contributed by atoms with van der Waals surface area (Å²) in [5, 5.41) is 1.24. The number of halogens is 2. The zero-order chi connectivity index (χ0) is 28.0. The van der Waals surface area contributed by atoms with Gasteiger partial charge in [-0.15, -0.1) is 0 Å². The molecule has 6 rings (SSSR count). The maximum Gasteiger partial charge on any atom is 0.330 e. The van der Waals surface area contributed by atoms with Crippen LogP contribution in [0.2, 0.25) is 0 Å². The van der Waals surface area contributed by atoms with E-state index in [1.54, 1.807) is 54.4 Å². The number of aromatic nitrogens is 2. The van der Waals surface area contributed by atoms with E-state index in [2.05, 4.69) is 14.7 Å². The molecule has 3 aromatic carbocycles. The number of nitrogens with one attached hydrogen (secondary N) is 2. The summed E-state index contributed by atoms with van der Waals surface area (Å²) < 4.78 is 57.0. The minimum absolute atomic E-state index is 0.0282. The number of rotatable bonds is 6. The van der Waals surface area contributed by atoms with Crippen molar-refractivity contribution < 1.29 is 22.0 Å². The van der Waals surface area contributed by atoms with Gasteiger partial charge in [0.1, 0.15) is 11.6 Å². The molecule has 1 aliphatic rings. The minimum Gasteiger partial charge on any atom is -0.361 e. The Morgan fingerprint density at radius 2 is 1.75 bits per heavy atom. The van der Waals surface area contributed by atoms with Gasteiger partial charge in [-0.05, 0) is 72.8 Å². The van der Waals surface area contributed by atoms with Crippen molar-refractivity contribution in [3.05, 3.63) is 90.3 Å². The van der Waals surface area contributed by atoms with Crippen LogP contribution in [0.4, 0.5) is 30.1 Å². The van der Waals surface area contributed by atoms with E-state index in [1.807, 2.05) is 12.1 Å². The number of sulfonamides is 1. The third kappa shape index (κ3) is 4.80. The first kappa shape index (κ1) is 26.0. The number of amides is 2. The second kappa shape index (κ2) is 10.0. The van der Waals surface area contributed by atoms with Crippen LogP contribution >= 0.6 is 11.3 Å². The highest BCUT2D eigenvalue weighted by molar-refractivity contribution is 7.94. The SMILES string of the molecule is Cc1nc(N2CCCN(c3ccc(-c4cc(F)ccc4F)cc3)C2=O)sc1S(=O)(=O)Nc1ccc2cc[nH]c2c1. The molecule has 12 heteroatoms. The number of H-pyrrole nitrogens is 1. The number of fused-ring (bicyclic) bond motifs is 1. The van der Waals surface area contributed by atoms with Crippen molar-refractivity contribution in [1.29, 1.82) is 0 Å². The molecule has 0 atom stereocenters. The Labute approximate surface area is 232 Å². The van der Waals surface area contributed by atoms with Crippen LogP contribution in [-0.2, 0) is 10.0 Å². The second-order valence-corrected chi connectivity index (χ2v) is 12.2. The van der Waals surface area contributed by atoms with Gasteiger partial charge in [-0.3, -0.25) is 14.5 Å². The van der Waals surface area contributed by atoms with Crippen LogP contribution in [0.15, 0.2) is 77.1 Å². The quantitative estimate of drug-likeness (QED) is 0.239. The molecule has 0 spiro atoms. The summed E-state index contributed by atoms with van der Waals surface area (Å²) in [5.41, 5.74) is 2.70. The summed E-state index contributed by atoms with van der Waals surface area (Å²) in [7, 11) is -3.95. The van der Waals surface area contributed by atoms with E-state index >= 15 is 0 Å². The molecule has 8 nitrogen and oxygen atoms in total. The maximum atomic E-state index is 14.2. The van der Waals surface area contributed by atoms with E-state index in [9.17, 15) is 22.0 Å². The number of carbonyl (C=O) groups excluding carboxylic acids is 1. The number of thiazole rings is 1. The Bertz CT molecular complexity index is 1850. The molecule has 1 fully saturated rings. The molecule has 40 heavy (non-hydrogen) atoms. The van der Waals surface area contributed by atoms with Crippen LogP contribution in [0.5, 0.6) is 0 Å². The summed E-state index contributed by atoms with van der Waals surface area (Å²) in [6, 6.07) is 16.6. The van der Waals surface area contributed by atoms with Crippen LogP contribution < -0.4 is 14.5 Å². The Morgan fingerprint density at radius 1 is 0.975 bits per heavy atom. The Balaban J connectivity index is 1.23. The standard InChI is InChI=1S/C28H23F2N5O3S2/c1-17-26(40(37,38)33-21-7-3-19-11-12-31-25(19)16-21)39-27(32-17)35-14-2-13-34(28(35)36)22-8-4-18(5-9-22)23-15-20(29)6-10-24(23)30/h3-12,15-16,31,33H,2,13-14H2,1H3. The number of urea groups is 1. The molecular weight excluding hydrogens is 556 g/mol. The van der Waals surface area contributed by atoms with E-state index in [0.717, 1.165) is 40.4 Å². The lowest BCUT2D eigenvalue weighted by molar-refractivity contribution is 0.248. The zero-order valence-corrected chi connectivity index (χ0v) is 22.8. The molecule has 2 amide bonds. The van der Waals surface area contributed by atoms with Crippen LogP contribution in [0.25, 0.3) is 22.0 Å². The van der Waals surface area contributed by atoms with Gasteiger partial charge in [0.15, 0.2) is 9.34 Å². The first-order chi connectivity index (χ1) is 19.2. The van der Waals surface area contributed by atoms with E-state index in [1.165, 1.54) is 4.90 Å². The number of aryl methyl sites for hydroxylation is 1. The number of hydrogen-bond donors (Lipinski definition) is 2. The Kier molecular flexibility index (Phi) is 6.51. The summed E-state index contributed by atoms with van der Waals surface area (Å²) in [6.07, 6.45) is 2.40. The van der Waals surface area contributed by atoms with Crippen LogP contribution in [0.3, 0.4) is 0 Å². The number of nitrogens with zero attached hydrogens (tertiary/aromatic N) is 3. The molecule has 0 aliphatic carbocycles. The lowest BCUT2D eigenvalue weighted by atomic mass is 10.0. The molecule has 1 saturated heterocycles. The highest BCUT2D eigenvalue weighted by Gasteiger charge is 2.32. The van der Waals surface area contributed by atoms with Crippen LogP contribution in [-0.4, -0.2) is 37.5 Å².